The summed E-state index contributed by atoms with van der Waals surface area (Å²) in [4.78, 5) is 6.94. The summed E-state index contributed by atoms with van der Waals surface area (Å²) >= 11 is 0. The number of pyridine rings is 1. The lowest BCUT2D eigenvalue weighted by Crippen LogP contribution is -2.30. The van der Waals surface area contributed by atoms with Crippen molar-refractivity contribution in [3.05, 3.63) is 23.9 Å². The predicted octanol–water partition coefficient (Wildman–Crippen LogP) is 3.06. The van der Waals surface area contributed by atoms with Crippen LogP contribution >= 0.6 is 0 Å². The van der Waals surface area contributed by atoms with Crippen LogP contribution in [0.15, 0.2) is 18.3 Å². The Kier molecular flexibility index (Phi) is 6.73. The highest BCUT2D eigenvalue weighted by atomic mass is 15.2. The molecule has 0 fully saturated rings. The van der Waals surface area contributed by atoms with Gasteiger partial charge < -0.3 is 10.2 Å². The Morgan fingerprint density at radius 1 is 1.33 bits per heavy atom. The zero-order chi connectivity index (χ0) is 13.4. The lowest BCUT2D eigenvalue weighted by atomic mass is 10.1. The van der Waals surface area contributed by atoms with Crippen LogP contribution in [0, 0.1) is 5.92 Å². The minimum absolute atomic E-state index is 0.656. The fourth-order valence-electron chi connectivity index (χ4n) is 2.06. The highest BCUT2D eigenvalue weighted by molar-refractivity contribution is 5.46. The number of nitrogens with zero attached hydrogens (tertiary/aromatic N) is 2. The summed E-state index contributed by atoms with van der Waals surface area (Å²) in [5, 5.41) is 3.46. The molecule has 0 unspecified atom stereocenters. The van der Waals surface area contributed by atoms with Crippen molar-refractivity contribution < 1.29 is 0 Å². The van der Waals surface area contributed by atoms with E-state index < -0.39 is 0 Å². The van der Waals surface area contributed by atoms with Crippen molar-refractivity contribution in [1.29, 1.82) is 0 Å². The Labute approximate surface area is 112 Å². The molecule has 1 N–H and O–H groups in total. The standard InChI is InChI=1S/C15H27N3/c1-5-9-16-11-14-8-7-10-17-15(14)18(6-2)12-13(3)4/h7-8,10,13,16H,5-6,9,11-12H2,1-4H3. The maximum Gasteiger partial charge on any atom is 0.133 e. The molecule has 0 aliphatic carbocycles. The average molecular weight is 249 g/mol. The van der Waals surface area contributed by atoms with E-state index in [2.05, 4.69) is 49.0 Å². The van der Waals surface area contributed by atoms with Crippen LogP contribution in [0.1, 0.15) is 39.7 Å². The fourth-order valence-corrected chi connectivity index (χ4v) is 2.06. The number of hydrogen-bond acceptors (Lipinski definition) is 3. The SMILES string of the molecule is CCCNCc1cccnc1N(CC)CC(C)C. The average Bonchev–Trinajstić information content (AvgIpc) is 2.37. The van der Waals surface area contributed by atoms with Crippen molar-refractivity contribution in [1.82, 2.24) is 10.3 Å². The molecule has 0 amide bonds. The normalized spacial score (nSPS) is 10.9. The van der Waals surface area contributed by atoms with Crippen molar-refractivity contribution in [3.63, 3.8) is 0 Å². The highest BCUT2D eigenvalue weighted by Gasteiger charge is 2.11. The maximum atomic E-state index is 4.57. The van der Waals surface area contributed by atoms with Crippen LogP contribution in [0.4, 0.5) is 5.82 Å². The molecule has 1 rings (SSSR count). The van der Waals surface area contributed by atoms with Crippen LogP contribution < -0.4 is 10.2 Å². The minimum Gasteiger partial charge on any atom is -0.356 e. The molecule has 0 spiro atoms. The second-order valence-electron chi connectivity index (χ2n) is 5.10. The van der Waals surface area contributed by atoms with Gasteiger partial charge in [-0.15, -0.1) is 0 Å². The van der Waals surface area contributed by atoms with Gasteiger partial charge in [-0.05, 0) is 31.9 Å². The highest BCUT2D eigenvalue weighted by Crippen LogP contribution is 2.18. The van der Waals surface area contributed by atoms with E-state index in [9.17, 15) is 0 Å². The smallest absolute Gasteiger partial charge is 0.133 e. The molecule has 1 aromatic heterocycles. The number of anilines is 1. The third-order valence-corrected chi connectivity index (χ3v) is 2.88. The first kappa shape index (κ1) is 15.0. The monoisotopic (exact) mass is 249 g/mol. The summed E-state index contributed by atoms with van der Waals surface area (Å²) in [6, 6.07) is 4.20. The molecule has 0 saturated carbocycles. The van der Waals surface area contributed by atoms with Gasteiger partial charge in [-0.25, -0.2) is 4.98 Å². The fraction of sp³-hybridized carbons (Fsp3) is 0.667. The first-order chi connectivity index (χ1) is 8.69. The molecule has 0 saturated heterocycles. The zero-order valence-corrected chi connectivity index (χ0v) is 12.2. The van der Waals surface area contributed by atoms with Gasteiger partial charge >= 0.3 is 0 Å². The van der Waals surface area contributed by atoms with Crippen molar-refractivity contribution in [2.75, 3.05) is 24.5 Å². The number of nitrogens with one attached hydrogen (secondary N) is 1. The van der Waals surface area contributed by atoms with Gasteiger partial charge in [0.1, 0.15) is 5.82 Å². The van der Waals surface area contributed by atoms with Crippen LogP contribution in [0.2, 0.25) is 0 Å². The molecule has 0 radical (unpaired) electrons. The third kappa shape index (κ3) is 4.65. The molecule has 18 heavy (non-hydrogen) atoms. The molecule has 0 aromatic carbocycles. The van der Waals surface area contributed by atoms with Gasteiger partial charge in [-0.2, -0.15) is 0 Å². The lowest BCUT2D eigenvalue weighted by Gasteiger charge is -2.26. The Morgan fingerprint density at radius 3 is 2.72 bits per heavy atom. The van der Waals surface area contributed by atoms with Crippen molar-refractivity contribution in [2.45, 2.75) is 40.7 Å². The molecular formula is C15H27N3. The van der Waals surface area contributed by atoms with Gasteiger partial charge in [0.15, 0.2) is 0 Å². The third-order valence-electron chi connectivity index (χ3n) is 2.88. The van der Waals surface area contributed by atoms with E-state index in [1.54, 1.807) is 0 Å². The minimum atomic E-state index is 0.656. The Bertz CT molecular complexity index is 336. The van der Waals surface area contributed by atoms with Crippen LogP contribution in [0.3, 0.4) is 0 Å². The Balaban J connectivity index is 2.78. The van der Waals surface area contributed by atoms with E-state index in [0.29, 0.717) is 5.92 Å². The van der Waals surface area contributed by atoms with Gasteiger partial charge in [0.2, 0.25) is 0 Å². The predicted molar refractivity (Wildman–Crippen MR) is 79.0 cm³/mol. The second-order valence-corrected chi connectivity index (χ2v) is 5.10. The van der Waals surface area contributed by atoms with Gasteiger partial charge in [-0.3, -0.25) is 0 Å². The first-order valence-electron chi connectivity index (χ1n) is 7.08. The molecule has 0 bridgehead atoms. The number of rotatable bonds is 8. The molecule has 0 aliphatic heterocycles. The summed E-state index contributed by atoms with van der Waals surface area (Å²) in [6.07, 6.45) is 3.06. The summed E-state index contributed by atoms with van der Waals surface area (Å²) in [6.45, 7) is 12.9. The number of aromatic nitrogens is 1. The first-order valence-corrected chi connectivity index (χ1v) is 7.08. The molecule has 0 atom stereocenters. The van der Waals surface area contributed by atoms with Crippen molar-refractivity contribution in [2.24, 2.45) is 5.92 Å². The summed E-state index contributed by atoms with van der Waals surface area (Å²) in [5.74, 6) is 1.79. The van der Waals surface area contributed by atoms with Crippen LogP contribution in [0.5, 0.6) is 0 Å². The molecule has 3 nitrogen and oxygen atoms in total. The van der Waals surface area contributed by atoms with E-state index >= 15 is 0 Å². The van der Waals surface area contributed by atoms with E-state index in [1.165, 1.54) is 12.0 Å². The number of hydrogen-bond donors (Lipinski definition) is 1. The lowest BCUT2D eigenvalue weighted by molar-refractivity contribution is 0.608. The summed E-state index contributed by atoms with van der Waals surface area (Å²) in [7, 11) is 0. The quantitative estimate of drug-likeness (QED) is 0.718. The van der Waals surface area contributed by atoms with E-state index in [0.717, 1.165) is 32.0 Å². The maximum absolute atomic E-state index is 4.57. The Hall–Kier alpha value is -1.09. The molecule has 1 aromatic rings. The van der Waals surface area contributed by atoms with Gasteiger partial charge in [0, 0.05) is 31.4 Å². The van der Waals surface area contributed by atoms with E-state index in [4.69, 9.17) is 0 Å². The van der Waals surface area contributed by atoms with Crippen molar-refractivity contribution >= 4 is 5.82 Å². The summed E-state index contributed by atoms with van der Waals surface area (Å²) < 4.78 is 0. The summed E-state index contributed by atoms with van der Waals surface area (Å²) in [5.41, 5.74) is 1.30. The van der Waals surface area contributed by atoms with Gasteiger partial charge in [0.25, 0.3) is 0 Å². The van der Waals surface area contributed by atoms with Crippen molar-refractivity contribution in [3.8, 4) is 0 Å². The zero-order valence-electron chi connectivity index (χ0n) is 12.2. The largest absolute Gasteiger partial charge is 0.356 e. The Morgan fingerprint density at radius 2 is 2.11 bits per heavy atom. The molecule has 0 aliphatic rings. The molecule has 102 valence electrons. The van der Waals surface area contributed by atoms with Crippen LogP contribution in [-0.2, 0) is 6.54 Å². The van der Waals surface area contributed by atoms with Crippen LogP contribution in [-0.4, -0.2) is 24.6 Å². The second kappa shape index (κ2) is 8.09. The topological polar surface area (TPSA) is 28.2 Å². The van der Waals surface area contributed by atoms with Gasteiger partial charge in [0.05, 0.1) is 0 Å². The molecule has 3 heteroatoms. The van der Waals surface area contributed by atoms with E-state index in [1.807, 2.05) is 12.3 Å². The van der Waals surface area contributed by atoms with E-state index in [-0.39, 0.29) is 0 Å². The van der Waals surface area contributed by atoms with Gasteiger partial charge in [-0.1, -0.05) is 26.8 Å². The molecular weight excluding hydrogens is 222 g/mol. The molecule has 1 heterocycles. The van der Waals surface area contributed by atoms with Crippen LogP contribution in [0.25, 0.3) is 0 Å².